The SMILES string of the molecule is N#Cc1ccccc1COc1ccc(/C=N\N2C(=O)[C@@H]3C4c5ccccc5C(c5ccccc54)[C@@H]3C2=O)cc1. The molecule has 39 heavy (non-hydrogen) atoms. The van der Waals surface area contributed by atoms with E-state index in [0.717, 1.165) is 38.4 Å². The van der Waals surface area contributed by atoms with Crippen LogP contribution in [0.3, 0.4) is 0 Å². The summed E-state index contributed by atoms with van der Waals surface area (Å²) >= 11 is 0. The van der Waals surface area contributed by atoms with Crippen molar-refractivity contribution in [3.8, 4) is 11.8 Å². The minimum Gasteiger partial charge on any atom is -0.489 e. The molecule has 0 spiro atoms. The number of nitriles is 1. The molecule has 1 aliphatic heterocycles. The maximum Gasteiger partial charge on any atom is 0.254 e. The van der Waals surface area contributed by atoms with E-state index in [9.17, 15) is 14.9 Å². The summed E-state index contributed by atoms with van der Waals surface area (Å²) in [6.45, 7) is 0.282. The highest BCUT2D eigenvalue weighted by molar-refractivity contribution is 6.08. The van der Waals surface area contributed by atoms with Gasteiger partial charge in [-0.2, -0.15) is 15.4 Å². The van der Waals surface area contributed by atoms with Crippen LogP contribution in [0.2, 0.25) is 0 Å². The monoisotopic (exact) mass is 509 g/mol. The van der Waals surface area contributed by atoms with Crippen molar-refractivity contribution in [3.05, 3.63) is 136 Å². The van der Waals surface area contributed by atoms with E-state index >= 15 is 0 Å². The Morgan fingerprint density at radius 2 is 1.26 bits per heavy atom. The van der Waals surface area contributed by atoms with Crippen LogP contribution < -0.4 is 4.74 Å². The van der Waals surface area contributed by atoms with Crippen LogP contribution in [-0.4, -0.2) is 23.0 Å². The zero-order valence-corrected chi connectivity index (χ0v) is 20.9. The van der Waals surface area contributed by atoms with E-state index in [4.69, 9.17) is 4.74 Å². The van der Waals surface area contributed by atoms with Crippen molar-refractivity contribution in [2.24, 2.45) is 16.9 Å². The lowest BCUT2D eigenvalue weighted by Gasteiger charge is -2.45. The molecule has 1 heterocycles. The lowest BCUT2D eigenvalue weighted by molar-refractivity contribution is -0.139. The van der Waals surface area contributed by atoms with Crippen molar-refractivity contribution in [1.82, 2.24) is 5.01 Å². The quantitative estimate of drug-likeness (QED) is 0.268. The van der Waals surface area contributed by atoms with Crippen molar-refractivity contribution in [2.75, 3.05) is 0 Å². The molecule has 0 radical (unpaired) electrons. The molecule has 0 N–H and O–H groups in total. The molecule has 0 aromatic heterocycles. The molecule has 2 bridgehead atoms. The summed E-state index contributed by atoms with van der Waals surface area (Å²) in [4.78, 5) is 27.3. The molecule has 1 saturated heterocycles. The van der Waals surface area contributed by atoms with E-state index in [1.54, 1.807) is 24.4 Å². The fraction of sp³-hybridized carbons (Fsp3) is 0.152. The fourth-order valence-electron chi connectivity index (χ4n) is 6.47. The predicted octanol–water partition coefficient (Wildman–Crippen LogP) is 5.36. The van der Waals surface area contributed by atoms with Crippen LogP contribution in [-0.2, 0) is 16.2 Å². The van der Waals surface area contributed by atoms with Crippen LogP contribution in [0.1, 0.15) is 50.8 Å². The molecule has 188 valence electrons. The Labute approximate surface area is 225 Å². The normalized spacial score (nSPS) is 22.4. The topological polar surface area (TPSA) is 82.8 Å². The Kier molecular flexibility index (Phi) is 5.38. The first-order chi connectivity index (χ1) is 19.2. The predicted molar refractivity (Wildman–Crippen MR) is 145 cm³/mol. The van der Waals surface area contributed by atoms with Crippen LogP contribution in [0.4, 0.5) is 0 Å². The van der Waals surface area contributed by atoms with E-state index in [-0.39, 0.29) is 30.3 Å². The zero-order valence-electron chi connectivity index (χ0n) is 20.9. The van der Waals surface area contributed by atoms with Crippen molar-refractivity contribution in [3.63, 3.8) is 0 Å². The standard InChI is InChI=1S/C33H23N3O3/c34-17-21-7-1-2-8-22(21)19-39-23-15-13-20(14-16-23)18-35-36-32(37)30-28-24-9-3-4-10-25(24)29(31(30)33(36)38)27-12-6-5-11-26(27)28/h1-16,18,28-31H,19H2/b35-18-/t28?,29?,30-,31+. The second-order valence-corrected chi connectivity index (χ2v) is 10.1. The second kappa shape index (κ2) is 9.07. The summed E-state index contributed by atoms with van der Waals surface area (Å²) in [5, 5.41) is 14.7. The number of carbonyl (C=O) groups excluding carboxylic acids is 2. The molecule has 0 saturated carbocycles. The third-order valence-corrected chi connectivity index (χ3v) is 8.16. The molecule has 2 atom stereocenters. The lowest BCUT2D eigenvalue weighted by atomic mass is 9.55. The Balaban J connectivity index is 1.12. The van der Waals surface area contributed by atoms with Gasteiger partial charge in [0.1, 0.15) is 12.4 Å². The van der Waals surface area contributed by atoms with Gasteiger partial charge >= 0.3 is 0 Å². The Hall–Kier alpha value is -5.02. The average molecular weight is 510 g/mol. The third-order valence-electron chi connectivity index (χ3n) is 8.16. The number of nitrogens with zero attached hydrogens (tertiary/aromatic N) is 3. The molecular formula is C33H23N3O3. The number of hydrogen-bond donors (Lipinski definition) is 0. The molecular weight excluding hydrogens is 486 g/mol. The molecule has 8 rings (SSSR count). The highest BCUT2D eigenvalue weighted by Gasteiger charge is 2.61. The van der Waals surface area contributed by atoms with E-state index in [1.807, 2.05) is 54.6 Å². The van der Waals surface area contributed by atoms with Gasteiger partial charge in [-0.25, -0.2) is 0 Å². The van der Waals surface area contributed by atoms with Gasteiger partial charge in [0.05, 0.1) is 29.7 Å². The summed E-state index contributed by atoms with van der Waals surface area (Å²) in [7, 11) is 0. The van der Waals surface area contributed by atoms with Gasteiger partial charge in [-0.15, -0.1) is 0 Å². The van der Waals surface area contributed by atoms with Crippen LogP contribution >= 0.6 is 0 Å². The van der Waals surface area contributed by atoms with Crippen LogP contribution in [0.15, 0.2) is 102 Å². The largest absolute Gasteiger partial charge is 0.489 e. The first-order valence-corrected chi connectivity index (χ1v) is 13.0. The number of benzene rings is 4. The maximum absolute atomic E-state index is 13.7. The molecule has 6 nitrogen and oxygen atoms in total. The lowest BCUT2D eigenvalue weighted by Crippen LogP contribution is -2.41. The molecule has 3 aliphatic carbocycles. The summed E-state index contributed by atoms with van der Waals surface area (Å²) in [6, 6.07) is 33.1. The fourth-order valence-corrected chi connectivity index (χ4v) is 6.47. The van der Waals surface area contributed by atoms with Crippen LogP contribution in [0, 0.1) is 23.2 Å². The van der Waals surface area contributed by atoms with Crippen LogP contribution in [0.5, 0.6) is 5.75 Å². The molecule has 6 heteroatoms. The number of amides is 2. The number of imide groups is 1. The molecule has 0 unspecified atom stereocenters. The van der Waals surface area contributed by atoms with E-state index in [1.165, 1.54) is 0 Å². The average Bonchev–Trinajstić information content (AvgIpc) is 3.25. The first-order valence-electron chi connectivity index (χ1n) is 13.0. The maximum atomic E-state index is 13.7. The highest BCUT2D eigenvalue weighted by Crippen LogP contribution is 2.60. The number of ether oxygens (including phenoxy) is 1. The Bertz CT molecular complexity index is 1590. The van der Waals surface area contributed by atoms with Gasteiger partial charge in [-0.1, -0.05) is 66.7 Å². The molecule has 4 aliphatic rings. The summed E-state index contributed by atoms with van der Waals surface area (Å²) in [5.74, 6) is -1.02. The first kappa shape index (κ1) is 23.1. The molecule has 4 aromatic carbocycles. The summed E-state index contributed by atoms with van der Waals surface area (Å²) in [5.41, 5.74) is 6.71. The Morgan fingerprint density at radius 1 is 0.744 bits per heavy atom. The molecule has 2 amide bonds. The number of hydrazone groups is 1. The third kappa shape index (κ3) is 3.58. The van der Waals surface area contributed by atoms with E-state index in [2.05, 4.69) is 35.4 Å². The van der Waals surface area contributed by atoms with Crippen molar-refractivity contribution >= 4 is 18.0 Å². The van der Waals surface area contributed by atoms with Gasteiger partial charge in [0.15, 0.2) is 0 Å². The van der Waals surface area contributed by atoms with Gasteiger partial charge in [0.25, 0.3) is 11.8 Å². The van der Waals surface area contributed by atoms with Gasteiger partial charge in [-0.05, 0) is 58.1 Å². The van der Waals surface area contributed by atoms with E-state index < -0.39 is 11.8 Å². The van der Waals surface area contributed by atoms with Crippen LogP contribution in [0.25, 0.3) is 0 Å². The van der Waals surface area contributed by atoms with Gasteiger partial charge < -0.3 is 4.74 Å². The molecule has 1 fully saturated rings. The minimum atomic E-state index is -0.448. The highest BCUT2D eigenvalue weighted by atomic mass is 16.5. The van der Waals surface area contributed by atoms with Crippen molar-refractivity contribution in [2.45, 2.75) is 18.4 Å². The van der Waals surface area contributed by atoms with Crippen molar-refractivity contribution in [1.29, 1.82) is 5.26 Å². The number of rotatable bonds is 5. The van der Waals surface area contributed by atoms with Gasteiger partial charge in [0, 0.05) is 17.4 Å². The minimum absolute atomic E-state index is 0.147. The smallest absolute Gasteiger partial charge is 0.254 e. The van der Waals surface area contributed by atoms with Gasteiger partial charge in [-0.3, -0.25) is 9.59 Å². The van der Waals surface area contributed by atoms with Gasteiger partial charge in [0.2, 0.25) is 0 Å². The summed E-state index contributed by atoms with van der Waals surface area (Å²) < 4.78 is 5.84. The second-order valence-electron chi connectivity index (χ2n) is 10.1. The number of carbonyl (C=O) groups is 2. The molecule has 4 aromatic rings. The number of hydrogen-bond acceptors (Lipinski definition) is 5. The summed E-state index contributed by atoms with van der Waals surface area (Å²) in [6.07, 6.45) is 1.55. The van der Waals surface area contributed by atoms with E-state index in [0.29, 0.717) is 11.3 Å². The van der Waals surface area contributed by atoms with Crippen molar-refractivity contribution < 1.29 is 14.3 Å². The zero-order chi connectivity index (χ0) is 26.5. The Morgan fingerprint density at radius 3 is 1.79 bits per heavy atom.